The molecule has 9 heteroatoms. The fraction of sp³-hybridized carbons (Fsp3) is 0.407. The Hall–Kier alpha value is -3.17. The van der Waals surface area contributed by atoms with Crippen molar-refractivity contribution in [3.8, 4) is 0 Å². The number of nitrogens with zero attached hydrogens (tertiary/aromatic N) is 3. The van der Waals surface area contributed by atoms with Crippen molar-refractivity contribution in [1.82, 2.24) is 19.8 Å². The standard InChI is InChI=1S/C27H32N4O4S/c1-3-30(4-2)24(32)18-36-27-29-23-10-6-5-9-22(23)26(34)31(27)17-19-11-13-20(14-12-19)25(33)28-16-21-8-7-15-35-21/h5-6,9-14,21H,3-4,7-8,15-18H2,1-2H3,(H,28,33). The van der Waals surface area contributed by atoms with Crippen molar-refractivity contribution in [3.05, 3.63) is 70.0 Å². The summed E-state index contributed by atoms with van der Waals surface area (Å²) in [4.78, 5) is 44.9. The number of para-hydroxylation sites is 1. The first-order chi connectivity index (χ1) is 17.5. The maximum atomic E-state index is 13.4. The monoisotopic (exact) mass is 508 g/mol. The van der Waals surface area contributed by atoms with Crippen LogP contribution < -0.4 is 10.9 Å². The second-order valence-electron chi connectivity index (χ2n) is 8.70. The number of amides is 2. The number of thioether (sulfide) groups is 1. The number of ether oxygens (including phenoxy) is 1. The van der Waals surface area contributed by atoms with Gasteiger partial charge >= 0.3 is 0 Å². The predicted octanol–water partition coefficient (Wildman–Crippen LogP) is 3.31. The van der Waals surface area contributed by atoms with E-state index in [1.54, 1.807) is 33.7 Å². The van der Waals surface area contributed by atoms with Crippen LogP contribution in [0, 0.1) is 0 Å². The lowest BCUT2D eigenvalue weighted by Crippen LogP contribution is -2.32. The number of carbonyl (C=O) groups excluding carboxylic acids is 2. The van der Waals surface area contributed by atoms with Crippen LogP contribution >= 0.6 is 11.8 Å². The maximum Gasteiger partial charge on any atom is 0.262 e. The van der Waals surface area contributed by atoms with Crippen LogP contribution in [-0.4, -0.2) is 64.4 Å². The number of benzene rings is 2. The fourth-order valence-corrected chi connectivity index (χ4v) is 5.15. The van der Waals surface area contributed by atoms with E-state index in [9.17, 15) is 14.4 Å². The van der Waals surface area contributed by atoms with Gasteiger partial charge in [0.15, 0.2) is 5.16 Å². The Balaban J connectivity index is 1.52. The molecule has 0 bridgehead atoms. The molecule has 36 heavy (non-hydrogen) atoms. The molecule has 0 spiro atoms. The largest absolute Gasteiger partial charge is 0.376 e. The summed E-state index contributed by atoms with van der Waals surface area (Å²) in [5, 5.41) is 3.95. The third-order valence-corrected chi connectivity index (χ3v) is 7.30. The van der Waals surface area contributed by atoms with Gasteiger partial charge in [0.2, 0.25) is 5.91 Å². The third kappa shape index (κ3) is 6.14. The van der Waals surface area contributed by atoms with Gasteiger partial charge in [-0.1, -0.05) is 36.0 Å². The van der Waals surface area contributed by atoms with E-state index in [4.69, 9.17) is 9.72 Å². The molecule has 3 aromatic rings. The smallest absolute Gasteiger partial charge is 0.262 e. The first kappa shape index (κ1) is 25.9. The Kier molecular flexibility index (Phi) is 8.77. The molecular formula is C27H32N4O4S. The van der Waals surface area contributed by atoms with Gasteiger partial charge in [0.25, 0.3) is 11.5 Å². The lowest BCUT2D eigenvalue weighted by Gasteiger charge is -2.19. The summed E-state index contributed by atoms with van der Waals surface area (Å²) in [5.41, 5.74) is 1.87. The fourth-order valence-electron chi connectivity index (χ4n) is 4.25. The minimum absolute atomic E-state index is 0.0114. The molecule has 1 fully saturated rings. The van der Waals surface area contributed by atoms with Crippen LogP contribution in [-0.2, 0) is 16.1 Å². The molecule has 2 aromatic carbocycles. The van der Waals surface area contributed by atoms with E-state index in [0.29, 0.717) is 41.3 Å². The number of hydrogen-bond acceptors (Lipinski definition) is 6. The predicted molar refractivity (Wildman–Crippen MR) is 142 cm³/mol. The number of hydrogen-bond donors (Lipinski definition) is 1. The molecule has 8 nitrogen and oxygen atoms in total. The Morgan fingerprint density at radius 3 is 2.58 bits per heavy atom. The first-order valence-electron chi connectivity index (χ1n) is 12.4. The van der Waals surface area contributed by atoms with E-state index in [1.165, 1.54) is 11.8 Å². The molecule has 1 aliphatic rings. The third-order valence-electron chi connectivity index (χ3n) is 6.34. The highest BCUT2D eigenvalue weighted by Crippen LogP contribution is 2.20. The quantitative estimate of drug-likeness (QED) is 0.334. The van der Waals surface area contributed by atoms with Crippen molar-refractivity contribution >= 4 is 34.5 Å². The SMILES string of the molecule is CCN(CC)C(=O)CSc1nc2ccccc2c(=O)n1Cc1ccc(C(=O)NCC2CCCO2)cc1. The van der Waals surface area contributed by atoms with Gasteiger partial charge in [-0.2, -0.15) is 0 Å². The van der Waals surface area contributed by atoms with Crippen molar-refractivity contribution in [2.75, 3.05) is 32.0 Å². The molecule has 1 N–H and O–H groups in total. The molecule has 0 radical (unpaired) electrons. The number of rotatable bonds is 10. The minimum atomic E-state index is -0.156. The lowest BCUT2D eigenvalue weighted by atomic mass is 10.1. The van der Waals surface area contributed by atoms with Gasteiger partial charge in [0.1, 0.15) is 0 Å². The molecule has 1 aromatic heterocycles. The zero-order valence-electron chi connectivity index (χ0n) is 20.7. The highest BCUT2D eigenvalue weighted by molar-refractivity contribution is 7.99. The molecule has 1 aliphatic heterocycles. The van der Waals surface area contributed by atoms with Crippen LogP contribution in [0.3, 0.4) is 0 Å². The zero-order chi connectivity index (χ0) is 25.5. The van der Waals surface area contributed by atoms with Crippen molar-refractivity contribution in [3.63, 3.8) is 0 Å². The van der Waals surface area contributed by atoms with Crippen LogP contribution in [0.15, 0.2) is 58.5 Å². The number of fused-ring (bicyclic) bond motifs is 1. The molecule has 1 atom stereocenters. The van der Waals surface area contributed by atoms with Crippen molar-refractivity contribution in [2.24, 2.45) is 0 Å². The maximum absolute atomic E-state index is 13.4. The Labute approximate surface area is 215 Å². The number of aromatic nitrogens is 2. The number of nitrogens with one attached hydrogen (secondary N) is 1. The summed E-state index contributed by atoms with van der Waals surface area (Å²) in [7, 11) is 0. The second-order valence-corrected chi connectivity index (χ2v) is 9.64. The molecule has 2 amide bonds. The molecule has 0 aliphatic carbocycles. The summed E-state index contributed by atoms with van der Waals surface area (Å²) >= 11 is 1.27. The van der Waals surface area contributed by atoms with Crippen LogP contribution in [0.2, 0.25) is 0 Å². The Bertz CT molecular complexity index is 1260. The van der Waals surface area contributed by atoms with Gasteiger partial charge in [0.05, 0.1) is 29.3 Å². The van der Waals surface area contributed by atoms with Crippen LogP contribution in [0.5, 0.6) is 0 Å². The van der Waals surface area contributed by atoms with Crippen molar-refractivity contribution < 1.29 is 14.3 Å². The molecule has 2 heterocycles. The van der Waals surface area contributed by atoms with Gasteiger partial charge in [-0.05, 0) is 56.5 Å². The van der Waals surface area contributed by atoms with Gasteiger partial charge in [-0.25, -0.2) is 4.98 Å². The van der Waals surface area contributed by atoms with E-state index in [-0.39, 0.29) is 35.8 Å². The van der Waals surface area contributed by atoms with Crippen molar-refractivity contribution in [2.45, 2.75) is 44.5 Å². The Morgan fingerprint density at radius 2 is 1.89 bits per heavy atom. The van der Waals surface area contributed by atoms with E-state index < -0.39 is 0 Å². The van der Waals surface area contributed by atoms with Crippen LogP contribution in [0.1, 0.15) is 42.6 Å². The summed E-state index contributed by atoms with van der Waals surface area (Å²) in [6, 6.07) is 14.4. The topological polar surface area (TPSA) is 93.5 Å². The summed E-state index contributed by atoms with van der Waals surface area (Å²) < 4.78 is 7.17. The van der Waals surface area contributed by atoms with E-state index >= 15 is 0 Å². The van der Waals surface area contributed by atoms with Crippen molar-refractivity contribution in [1.29, 1.82) is 0 Å². The van der Waals surface area contributed by atoms with Gasteiger partial charge in [-0.15, -0.1) is 0 Å². The Morgan fingerprint density at radius 1 is 1.14 bits per heavy atom. The molecule has 0 saturated carbocycles. The molecular weight excluding hydrogens is 476 g/mol. The van der Waals surface area contributed by atoms with Crippen LogP contribution in [0.25, 0.3) is 10.9 Å². The normalized spacial score (nSPS) is 15.2. The molecule has 1 unspecified atom stereocenters. The van der Waals surface area contributed by atoms with Gasteiger partial charge in [-0.3, -0.25) is 19.0 Å². The first-order valence-corrected chi connectivity index (χ1v) is 13.4. The van der Waals surface area contributed by atoms with Gasteiger partial charge < -0.3 is 15.0 Å². The van der Waals surface area contributed by atoms with E-state index in [1.807, 2.05) is 38.1 Å². The second kappa shape index (κ2) is 12.2. The molecule has 4 rings (SSSR count). The minimum Gasteiger partial charge on any atom is -0.376 e. The van der Waals surface area contributed by atoms with Crippen LogP contribution in [0.4, 0.5) is 0 Å². The summed E-state index contributed by atoms with van der Waals surface area (Å²) in [6.45, 7) is 6.72. The summed E-state index contributed by atoms with van der Waals surface area (Å²) in [5.74, 6) is 0.0705. The molecule has 1 saturated heterocycles. The highest BCUT2D eigenvalue weighted by Gasteiger charge is 2.18. The molecule has 190 valence electrons. The van der Waals surface area contributed by atoms with E-state index in [2.05, 4.69) is 5.32 Å². The average molecular weight is 509 g/mol. The van der Waals surface area contributed by atoms with E-state index in [0.717, 1.165) is 25.0 Å². The zero-order valence-corrected chi connectivity index (χ0v) is 21.6. The highest BCUT2D eigenvalue weighted by atomic mass is 32.2. The van der Waals surface area contributed by atoms with Gasteiger partial charge in [0, 0.05) is 31.8 Å². The lowest BCUT2D eigenvalue weighted by molar-refractivity contribution is -0.127. The number of carbonyl (C=O) groups is 2. The average Bonchev–Trinajstić information content (AvgIpc) is 3.43. The summed E-state index contributed by atoms with van der Waals surface area (Å²) in [6.07, 6.45) is 2.08.